The molecule has 1 aliphatic rings. The van der Waals surface area contributed by atoms with Crippen LogP contribution in [-0.4, -0.2) is 23.1 Å². The van der Waals surface area contributed by atoms with E-state index in [4.69, 9.17) is 0 Å². The molecule has 1 saturated heterocycles. The fourth-order valence-corrected chi connectivity index (χ4v) is 1.85. The maximum atomic E-state index is 4.54. The number of piperidine rings is 1. The maximum Gasteiger partial charge on any atom is 0.110 e. The van der Waals surface area contributed by atoms with Gasteiger partial charge in [-0.2, -0.15) is 0 Å². The molecule has 0 radical (unpaired) electrons. The Morgan fingerprint density at radius 3 is 2.47 bits per heavy atom. The second kappa shape index (κ2) is 6.36. The van der Waals surface area contributed by atoms with Crippen molar-refractivity contribution in [1.29, 1.82) is 0 Å². The van der Waals surface area contributed by atoms with Crippen LogP contribution in [0.1, 0.15) is 36.0 Å². The SMILES string of the molecule is Cc1nc(C2CCCNC2)[nH]c1C.Cl.Cl. The molecular formula is C10H19Cl2N3. The molecule has 3 nitrogen and oxygen atoms in total. The van der Waals surface area contributed by atoms with Gasteiger partial charge in [0, 0.05) is 18.2 Å². The van der Waals surface area contributed by atoms with Crippen molar-refractivity contribution in [2.75, 3.05) is 13.1 Å². The van der Waals surface area contributed by atoms with Gasteiger partial charge in [-0.3, -0.25) is 0 Å². The van der Waals surface area contributed by atoms with Crippen LogP contribution in [0.2, 0.25) is 0 Å². The summed E-state index contributed by atoms with van der Waals surface area (Å²) in [5.41, 5.74) is 2.35. The summed E-state index contributed by atoms with van der Waals surface area (Å²) in [5.74, 6) is 1.77. The highest BCUT2D eigenvalue weighted by atomic mass is 35.5. The Kier molecular flexibility index (Phi) is 6.25. The third kappa shape index (κ3) is 3.37. The van der Waals surface area contributed by atoms with Crippen molar-refractivity contribution in [2.45, 2.75) is 32.6 Å². The first kappa shape index (κ1) is 14.8. The summed E-state index contributed by atoms with van der Waals surface area (Å²) < 4.78 is 0. The van der Waals surface area contributed by atoms with Crippen molar-refractivity contribution in [3.63, 3.8) is 0 Å². The highest BCUT2D eigenvalue weighted by Gasteiger charge is 2.18. The largest absolute Gasteiger partial charge is 0.346 e. The second-order valence-electron chi connectivity index (χ2n) is 3.88. The number of nitrogens with zero attached hydrogens (tertiary/aromatic N) is 1. The van der Waals surface area contributed by atoms with Gasteiger partial charge in [0.2, 0.25) is 0 Å². The molecule has 1 aliphatic heterocycles. The van der Waals surface area contributed by atoms with E-state index in [-0.39, 0.29) is 24.8 Å². The molecule has 0 spiro atoms. The van der Waals surface area contributed by atoms with Crippen molar-refractivity contribution < 1.29 is 0 Å². The molecule has 0 saturated carbocycles. The van der Waals surface area contributed by atoms with E-state index in [1.54, 1.807) is 0 Å². The van der Waals surface area contributed by atoms with Gasteiger partial charge in [-0.1, -0.05) is 0 Å². The average molecular weight is 252 g/mol. The predicted molar refractivity (Wildman–Crippen MR) is 67.4 cm³/mol. The van der Waals surface area contributed by atoms with Crippen LogP contribution in [0.15, 0.2) is 0 Å². The number of hydrogen-bond donors (Lipinski definition) is 2. The summed E-state index contributed by atoms with van der Waals surface area (Å²) in [6.07, 6.45) is 2.53. The van der Waals surface area contributed by atoms with Gasteiger partial charge < -0.3 is 10.3 Å². The van der Waals surface area contributed by atoms with Crippen LogP contribution >= 0.6 is 24.8 Å². The van der Waals surface area contributed by atoms with Crippen LogP contribution in [0.4, 0.5) is 0 Å². The third-order valence-electron chi connectivity index (χ3n) is 2.83. The summed E-state index contributed by atoms with van der Waals surface area (Å²) in [5, 5.41) is 3.40. The van der Waals surface area contributed by atoms with Crippen molar-refractivity contribution in [2.24, 2.45) is 0 Å². The zero-order valence-electron chi connectivity index (χ0n) is 9.17. The van der Waals surface area contributed by atoms with Crippen molar-refractivity contribution in [3.05, 3.63) is 17.2 Å². The lowest BCUT2D eigenvalue weighted by molar-refractivity contribution is 0.448. The lowest BCUT2D eigenvalue weighted by atomic mass is 9.99. The number of halogens is 2. The van der Waals surface area contributed by atoms with Gasteiger partial charge in [-0.05, 0) is 33.2 Å². The highest BCUT2D eigenvalue weighted by molar-refractivity contribution is 5.85. The van der Waals surface area contributed by atoms with E-state index in [9.17, 15) is 0 Å². The molecule has 5 heteroatoms. The van der Waals surface area contributed by atoms with Gasteiger partial charge in [0.1, 0.15) is 5.82 Å². The van der Waals surface area contributed by atoms with Gasteiger partial charge in [0.15, 0.2) is 0 Å². The Balaban J connectivity index is 0.000000980. The first-order valence-corrected chi connectivity index (χ1v) is 5.01. The van der Waals surface area contributed by atoms with Gasteiger partial charge in [0.05, 0.1) is 5.69 Å². The molecule has 0 aromatic carbocycles. The zero-order chi connectivity index (χ0) is 9.26. The standard InChI is InChI=1S/C10H17N3.2ClH/c1-7-8(2)13-10(12-7)9-4-3-5-11-6-9;;/h9,11H,3-6H2,1-2H3,(H,12,13);2*1H. The quantitative estimate of drug-likeness (QED) is 0.805. The Bertz CT molecular complexity index is 273. The molecule has 0 amide bonds. The molecule has 15 heavy (non-hydrogen) atoms. The fraction of sp³-hybridized carbons (Fsp3) is 0.700. The number of aryl methyl sites for hydroxylation is 2. The van der Waals surface area contributed by atoms with Crippen LogP contribution in [0.25, 0.3) is 0 Å². The molecular weight excluding hydrogens is 233 g/mol. The first-order chi connectivity index (χ1) is 6.27. The summed E-state index contributed by atoms with van der Waals surface area (Å²) in [7, 11) is 0. The van der Waals surface area contributed by atoms with Gasteiger partial charge in [-0.15, -0.1) is 24.8 Å². The van der Waals surface area contributed by atoms with E-state index < -0.39 is 0 Å². The molecule has 88 valence electrons. The first-order valence-electron chi connectivity index (χ1n) is 5.01. The summed E-state index contributed by atoms with van der Waals surface area (Å²) in [6, 6.07) is 0. The van der Waals surface area contributed by atoms with E-state index >= 15 is 0 Å². The van der Waals surface area contributed by atoms with Gasteiger partial charge >= 0.3 is 0 Å². The van der Waals surface area contributed by atoms with E-state index in [0.717, 1.165) is 18.8 Å². The van der Waals surface area contributed by atoms with E-state index in [0.29, 0.717) is 5.92 Å². The molecule has 0 bridgehead atoms. The second-order valence-corrected chi connectivity index (χ2v) is 3.88. The number of aromatic nitrogens is 2. The van der Waals surface area contributed by atoms with Crippen molar-refractivity contribution in [1.82, 2.24) is 15.3 Å². The lowest BCUT2D eigenvalue weighted by Crippen LogP contribution is -2.28. The predicted octanol–water partition coefficient (Wildman–Crippen LogP) is 2.34. The van der Waals surface area contributed by atoms with Gasteiger partial charge in [-0.25, -0.2) is 4.98 Å². The maximum absolute atomic E-state index is 4.54. The van der Waals surface area contributed by atoms with Gasteiger partial charge in [0.25, 0.3) is 0 Å². The average Bonchev–Trinajstić information content (AvgIpc) is 2.49. The summed E-state index contributed by atoms with van der Waals surface area (Å²) in [4.78, 5) is 7.90. The molecule has 1 unspecified atom stereocenters. The van der Waals surface area contributed by atoms with E-state index in [1.807, 2.05) is 0 Å². The number of aromatic amines is 1. The summed E-state index contributed by atoms with van der Waals surface area (Å²) >= 11 is 0. The van der Waals surface area contributed by atoms with E-state index in [2.05, 4.69) is 29.1 Å². The molecule has 2 rings (SSSR count). The number of imidazole rings is 1. The molecule has 0 aliphatic carbocycles. The van der Waals surface area contributed by atoms with Crippen molar-refractivity contribution >= 4 is 24.8 Å². The summed E-state index contributed by atoms with van der Waals surface area (Å²) in [6.45, 7) is 6.38. The minimum Gasteiger partial charge on any atom is -0.346 e. The Morgan fingerprint density at radius 1 is 1.27 bits per heavy atom. The Morgan fingerprint density at radius 2 is 2.00 bits per heavy atom. The van der Waals surface area contributed by atoms with Crippen LogP contribution in [0, 0.1) is 13.8 Å². The molecule has 1 aromatic rings. The smallest absolute Gasteiger partial charge is 0.110 e. The number of rotatable bonds is 1. The normalized spacial score (nSPS) is 20.3. The minimum absolute atomic E-state index is 0. The van der Waals surface area contributed by atoms with Crippen LogP contribution < -0.4 is 5.32 Å². The fourth-order valence-electron chi connectivity index (χ4n) is 1.85. The topological polar surface area (TPSA) is 40.7 Å². The number of H-pyrrole nitrogens is 1. The zero-order valence-corrected chi connectivity index (χ0v) is 10.8. The molecule has 1 aromatic heterocycles. The number of nitrogens with one attached hydrogen (secondary N) is 2. The lowest BCUT2D eigenvalue weighted by Gasteiger charge is -2.20. The number of hydrogen-bond acceptors (Lipinski definition) is 2. The molecule has 2 heterocycles. The Hall–Kier alpha value is -0.250. The van der Waals surface area contributed by atoms with Crippen LogP contribution in [0.5, 0.6) is 0 Å². The Labute approximate surface area is 103 Å². The third-order valence-corrected chi connectivity index (χ3v) is 2.83. The molecule has 1 fully saturated rings. The molecule has 2 N–H and O–H groups in total. The highest BCUT2D eigenvalue weighted by Crippen LogP contribution is 2.21. The molecule has 1 atom stereocenters. The van der Waals surface area contributed by atoms with Crippen LogP contribution in [0.3, 0.4) is 0 Å². The minimum atomic E-state index is 0. The van der Waals surface area contributed by atoms with E-state index in [1.165, 1.54) is 24.4 Å². The van der Waals surface area contributed by atoms with Crippen LogP contribution in [-0.2, 0) is 0 Å². The van der Waals surface area contributed by atoms with Crippen molar-refractivity contribution in [3.8, 4) is 0 Å². The monoisotopic (exact) mass is 251 g/mol.